The summed E-state index contributed by atoms with van der Waals surface area (Å²) in [5.41, 5.74) is 0.0724. The van der Waals surface area contributed by atoms with E-state index in [2.05, 4.69) is 9.98 Å². The Kier molecular flexibility index (Phi) is 3.22. The van der Waals surface area contributed by atoms with Crippen molar-refractivity contribution >= 4 is 11.7 Å². The number of hydrogen-bond acceptors (Lipinski definition) is 3. The predicted molar refractivity (Wildman–Crippen MR) is 59.4 cm³/mol. The van der Waals surface area contributed by atoms with Crippen LogP contribution in [-0.2, 0) is 0 Å². The number of amidine groups is 2. The second-order valence-corrected chi connectivity index (χ2v) is 4.15. The van der Waals surface area contributed by atoms with E-state index < -0.39 is 35.4 Å². The van der Waals surface area contributed by atoms with E-state index in [9.17, 15) is 30.7 Å². The summed E-state index contributed by atoms with van der Waals surface area (Å²) in [5.74, 6) is -3.30. The number of rotatable bonds is 1. The van der Waals surface area contributed by atoms with Crippen LogP contribution in [0.1, 0.15) is 5.56 Å². The van der Waals surface area contributed by atoms with E-state index in [0.717, 1.165) is 24.3 Å². The molecule has 10 heteroatoms. The molecule has 0 atom stereocenters. The van der Waals surface area contributed by atoms with Crippen LogP contribution >= 0.6 is 0 Å². The van der Waals surface area contributed by atoms with E-state index in [0.29, 0.717) is 0 Å². The number of hydrogen-bond donors (Lipinski definition) is 1. The van der Waals surface area contributed by atoms with Crippen molar-refractivity contribution in [1.29, 1.82) is 0 Å². The van der Waals surface area contributed by atoms with Gasteiger partial charge in [-0.2, -0.15) is 26.3 Å². The SMILES string of the molecule is NC1=NC(c2ccc(F)cc2)=NC1(C(F)(F)F)C(F)(F)F. The zero-order valence-corrected chi connectivity index (χ0v) is 9.93. The minimum absolute atomic E-state index is 0.213. The summed E-state index contributed by atoms with van der Waals surface area (Å²) >= 11 is 0. The fraction of sp³-hybridized carbons (Fsp3) is 0.273. The van der Waals surface area contributed by atoms with Gasteiger partial charge >= 0.3 is 17.9 Å². The maximum absolute atomic E-state index is 12.9. The van der Waals surface area contributed by atoms with Gasteiger partial charge in [0.1, 0.15) is 11.7 Å². The third-order valence-corrected chi connectivity index (χ3v) is 2.79. The molecule has 0 fully saturated rings. The lowest BCUT2D eigenvalue weighted by molar-refractivity contribution is -0.270. The number of alkyl halides is 6. The molecule has 1 aromatic carbocycles. The first-order valence-electron chi connectivity index (χ1n) is 5.33. The van der Waals surface area contributed by atoms with E-state index in [1.54, 1.807) is 0 Å². The monoisotopic (exact) mass is 313 g/mol. The van der Waals surface area contributed by atoms with Gasteiger partial charge in [-0.25, -0.2) is 14.4 Å². The lowest BCUT2D eigenvalue weighted by Crippen LogP contribution is -2.62. The van der Waals surface area contributed by atoms with Gasteiger partial charge in [-0.1, -0.05) is 0 Å². The molecular weight excluding hydrogens is 307 g/mol. The van der Waals surface area contributed by atoms with Gasteiger partial charge in [0, 0.05) is 5.56 Å². The second-order valence-electron chi connectivity index (χ2n) is 4.15. The van der Waals surface area contributed by atoms with Gasteiger partial charge in [-0.15, -0.1) is 0 Å². The van der Waals surface area contributed by atoms with Gasteiger partial charge in [0.25, 0.3) is 0 Å². The first-order valence-corrected chi connectivity index (χ1v) is 5.33. The zero-order valence-electron chi connectivity index (χ0n) is 9.93. The fourth-order valence-electron chi connectivity index (χ4n) is 1.74. The van der Waals surface area contributed by atoms with Crippen LogP contribution in [0.2, 0.25) is 0 Å². The Morgan fingerprint density at radius 2 is 1.38 bits per heavy atom. The number of benzene rings is 1. The van der Waals surface area contributed by atoms with Gasteiger partial charge in [-0.05, 0) is 24.3 Å². The molecule has 0 saturated carbocycles. The largest absolute Gasteiger partial charge is 0.430 e. The van der Waals surface area contributed by atoms with Crippen LogP contribution in [0.4, 0.5) is 30.7 Å². The normalized spacial score (nSPS) is 18.4. The highest BCUT2D eigenvalue weighted by Crippen LogP contribution is 2.48. The Balaban J connectivity index is 2.61. The third kappa shape index (κ3) is 2.24. The molecule has 0 bridgehead atoms. The number of aliphatic imine (C=N–C) groups is 2. The molecule has 2 rings (SSSR count). The van der Waals surface area contributed by atoms with Crippen LogP contribution < -0.4 is 5.73 Å². The first kappa shape index (κ1) is 15.3. The minimum atomic E-state index is -5.80. The summed E-state index contributed by atoms with van der Waals surface area (Å²) in [5, 5.41) is 0. The molecule has 1 heterocycles. The second kappa shape index (κ2) is 4.43. The molecule has 0 saturated heterocycles. The van der Waals surface area contributed by atoms with Crippen molar-refractivity contribution in [2.24, 2.45) is 15.7 Å². The highest BCUT2D eigenvalue weighted by atomic mass is 19.4. The lowest BCUT2D eigenvalue weighted by Gasteiger charge is -2.30. The van der Waals surface area contributed by atoms with Crippen molar-refractivity contribution in [2.75, 3.05) is 0 Å². The Morgan fingerprint density at radius 3 is 1.76 bits per heavy atom. The highest BCUT2D eigenvalue weighted by molar-refractivity contribution is 6.14. The summed E-state index contributed by atoms with van der Waals surface area (Å²) in [7, 11) is 0. The van der Waals surface area contributed by atoms with Gasteiger partial charge in [0.2, 0.25) is 0 Å². The van der Waals surface area contributed by atoms with Crippen LogP contribution in [0, 0.1) is 5.82 Å². The average Bonchev–Trinajstić information content (AvgIpc) is 2.68. The van der Waals surface area contributed by atoms with Crippen LogP contribution in [0.5, 0.6) is 0 Å². The fourth-order valence-corrected chi connectivity index (χ4v) is 1.74. The van der Waals surface area contributed by atoms with Crippen LogP contribution in [-0.4, -0.2) is 29.6 Å². The molecule has 0 unspecified atom stereocenters. The summed E-state index contributed by atoms with van der Waals surface area (Å²) in [6.07, 6.45) is -11.6. The smallest absolute Gasteiger partial charge is 0.384 e. The Labute approximate surface area is 113 Å². The van der Waals surface area contributed by atoms with Crippen molar-refractivity contribution in [3.8, 4) is 0 Å². The molecular formula is C11H6F7N3. The minimum Gasteiger partial charge on any atom is -0.384 e. The third-order valence-electron chi connectivity index (χ3n) is 2.79. The maximum Gasteiger partial charge on any atom is 0.430 e. The van der Waals surface area contributed by atoms with E-state index in [4.69, 9.17) is 5.73 Å². The van der Waals surface area contributed by atoms with Crippen LogP contribution in [0.3, 0.4) is 0 Å². The molecule has 2 N–H and O–H groups in total. The van der Waals surface area contributed by atoms with E-state index in [1.807, 2.05) is 0 Å². The van der Waals surface area contributed by atoms with Gasteiger partial charge < -0.3 is 5.73 Å². The number of nitrogens with zero attached hydrogens (tertiary/aromatic N) is 2. The van der Waals surface area contributed by atoms with Crippen molar-refractivity contribution in [1.82, 2.24) is 0 Å². The molecule has 21 heavy (non-hydrogen) atoms. The molecule has 1 aromatic rings. The van der Waals surface area contributed by atoms with Crippen molar-refractivity contribution in [2.45, 2.75) is 17.9 Å². The van der Waals surface area contributed by atoms with Crippen LogP contribution in [0.15, 0.2) is 34.3 Å². The lowest BCUT2D eigenvalue weighted by atomic mass is 9.98. The van der Waals surface area contributed by atoms with Gasteiger partial charge in [0.15, 0.2) is 5.84 Å². The molecule has 114 valence electrons. The highest BCUT2D eigenvalue weighted by Gasteiger charge is 2.75. The quantitative estimate of drug-likeness (QED) is 0.796. The summed E-state index contributed by atoms with van der Waals surface area (Å²) in [4.78, 5) is 5.72. The molecule has 0 amide bonds. The Morgan fingerprint density at radius 1 is 0.905 bits per heavy atom. The van der Waals surface area contributed by atoms with Crippen LogP contribution in [0.25, 0.3) is 0 Å². The van der Waals surface area contributed by atoms with Gasteiger partial charge in [0.05, 0.1) is 0 Å². The van der Waals surface area contributed by atoms with E-state index >= 15 is 0 Å². The predicted octanol–water partition coefficient (Wildman–Crippen LogP) is 2.81. The first-order chi connectivity index (χ1) is 9.49. The maximum atomic E-state index is 12.9. The Hall–Kier alpha value is -2.13. The van der Waals surface area contributed by atoms with Gasteiger partial charge in [-0.3, -0.25) is 0 Å². The van der Waals surface area contributed by atoms with Crippen molar-refractivity contribution in [3.63, 3.8) is 0 Å². The van der Waals surface area contributed by atoms with E-state index in [1.165, 1.54) is 0 Å². The van der Waals surface area contributed by atoms with E-state index in [-0.39, 0.29) is 5.56 Å². The van der Waals surface area contributed by atoms with Crippen molar-refractivity contribution in [3.05, 3.63) is 35.6 Å². The number of halogens is 7. The molecule has 1 aliphatic heterocycles. The zero-order chi connectivity index (χ0) is 16.1. The topological polar surface area (TPSA) is 50.7 Å². The molecule has 3 nitrogen and oxygen atoms in total. The molecule has 0 aromatic heterocycles. The summed E-state index contributed by atoms with van der Waals surface area (Å²) in [6.45, 7) is 0. The van der Waals surface area contributed by atoms with Crippen molar-refractivity contribution < 1.29 is 30.7 Å². The number of nitrogens with two attached hydrogens (primary N) is 1. The standard InChI is InChI=1S/C11H6F7N3/c12-6-3-1-5(2-4-6)7-20-8(19)9(21-7,10(13,14)15)11(16,17)18/h1-4H,(H2,19,20,21). The summed E-state index contributed by atoms with van der Waals surface area (Å²) < 4.78 is 89.9. The average molecular weight is 313 g/mol. The summed E-state index contributed by atoms with van der Waals surface area (Å²) in [6, 6.07) is 3.61. The molecule has 0 radical (unpaired) electrons. The molecule has 0 spiro atoms. The Bertz CT molecular complexity index is 596. The molecule has 0 aliphatic carbocycles. The molecule has 1 aliphatic rings.